The highest BCUT2D eigenvalue weighted by Crippen LogP contribution is 2.32. The van der Waals surface area contributed by atoms with Crippen LogP contribution in [0.4, 0.5) is 4.79 Å². The Morgan fingerprint density at radius 3 is 2.49 bits per heavy atom. The molecule has 1 aliphatic rings. The molecule has 37 heavy (non-hydrogen) atoms. The summed E-state index contributed by atoms with van der Waals surface area (Å²) in [6, 6.07) is 23.7. The minimum atomic E-state index is -0.277. The third-order valence-electron chi connectivity index (χ3n) is 7.08. The molecule has 1 atom stereocenters. The van der Waals surface area contributed by atoms with E-state index in [4.69, 9.17) is 27.9 Å². The van der Waals surface area contributed by atoms with Crippen molar-refractivity contribution >= 4 is 29.2 Å². The summed E-state index contributed by atoms with van der Waals surface area (Å²) in [6.45, 7) is 2.51. The van der Waals surface area contributed by atoms with Crippen molar-refractivity contribution in [2.45, 2.75) is 44.4 Å². The van der Waals surface area contributed by atoms with Crippen LogP contribution in [0.3, 0.4) is 0 Å². The molecule has 3 aromatic carbocycles. The molecular formula is C30H35Cl2N3O2. The van der Waals surface area contributed by atoms with Crippen molar-refractivity contribution in [2.24, 2.45) is 0 Å². The molecule has 196 valence electrons. The molecule has 3 aromatic rings. The molecule has 1 aliphatic heterocycles. The van der Waals surface area contributed by atoms with Gasteiger partial charge in [-0.25, -0.2) is 4.79 Å². The van der Waals surface area contributed by atoms with Crippen LogP contribution >= 0.6 is 23.2 Å². The number of carbonyl (C=O) groups excluding carboxylic acids is 1. The Hall–Kier alpha value is -2.73. The molecule has 1 unspecified atom stereocenters. The van der Waals surface area contributed by atoms with E-state index in [1.165, 1.54) is 0 Å². The van der Waals surface area contributed by atoms with Crippen molar-refractivity contribution in [1.29, 1.82) is 0 Å². The number of hydrogen-bond acceptors (Lipinski definition) is 3. The topological polar surface area (TPSA) is 44.8 Å². The molecule has 0 aliphatic carbocycles. The molecular weight excluding hydrogens is 505 g/mol. The van der Waals surface area contributed by atoms with Crippen LogP contribution in [0.25, 0.3) is 0 Å². The zero-order valence-electron chi connectivity index (χ0n) is 21.5. The molecule has 0 spiro atoms. The maximum absolute atomic E-state index is 13.3. The van der Waals surface area contributed by atoms with Crippen molar-refractivity contribution in [1.82, 2.24) is 15.1 Å². The lowest BCUT2D eigenvalue weighted by molar-refractivity contribution is 0.145. The number of ether oxygens (including phenoxy) is 1. The first-order valence-electron chi connectivity index (χ1n) is 12.8. The molecule has 1 N–H and O–H groups in total. The summed E-state index contributed by atoms with van der Waals surface area (Å²) in [4.78, 5) is 17.4. The molecule has 0 saturated carbocycles. The largest absolute Gasteiger partial charge is 0.489 e. The molecule has 0 radical (unpaired) electrons. The Morgan fingerprint density at radius 2 is 1.73 bits per heavy atom. The number of benzene rings is 3. The second-order valence-electron chi connectivity index (χ2n) is 9.75. The summed E-state index contributed by atoms with van der Waals surface area (Å²) in [5.41, 5.74) is 3.09. The molecule has 2 amide bonds. The fraction of sp³-hybridized carbons (Fsp3) is 0.367. The van der Waals surface area contributed by atoms with Gasteiger partial charge in [-0.2, -0.15) is 0 Å². The van der Waals surface area contributed by atoms with Gasteiger partial charge in [-0.1, -0.05) is 77.8 Å². The number of aryl methyl sites for hydroxylation is 1. The van der Waals surface area contributed by atoms with Crippen LogP contribution in [0.15, 0.2) is 72.8 Å². The number of likely N-dealkylation sites (tertiary alicyclic amines) is 1. The van der Waals surface area contributed by atoms with Crippen LogP contribution in [0.2, 0.25) is 10.0 Å². The van der Waals surface area contributed by atoms with E-state index in [2.05, 4.69) is 41.5 Å². The fourth-order valence-electron chi connectivity index (χ4n) is 4.74. The molecule has 5 nitrogen and oxygen atoms in total. The maximum Gasteiger partial charge on any atom is 0.317 e. The van der Waals surface area contributed by atoms with Crippen molar-refractivity contribution in [3.8, 4) is 5.75 Å². The third-order valence-corrected chi connectivity index (χ3v) is 7.91. The van der Waals surface area contributed by atoms with Gasteiger partial charge in [-0.15, -0.1) is 0 Å². The average molecular weight is 541 g/mol. The Bertz CT molecular complexity index is 1170. The van der Waals surface area contributed by atoms with Gasteiger partial charge < -0.3 is 19.9 Å². The third kappa shape index (κ3) is 7.64. The predicted octanol–water partition coefficient (Wildman–Crippen LogP) is 6.98. The summed E-state index contributed by atoms with van der Waals surface area (Å²) >= 11 is 12.9. The Balaban J connectivity index is 1.44. The van der Waals surface area contributed by atoms with Crippen LogP contribution in [-0.2, 0) is 13.0 Å². The number of urea groups is 1. The number of rotatable bonds is 9. The minimum absolute atomic E-state index is 0.0875. The lowest BCUT2D eigenvalue weighted by atomic mass is 9.98. The van der Waals surface area contributed by atoms with E-state index in [9.17, 15) is 4.79 Å². The first-order valence-corrected chi connectivity index (χ1v) is 13.6. The summed E-state index contributed by atoms with van der Waals surface area (Å²) < 4.78 is 6.01. The number of piperidine rings is 1. The molecule has 4 rings (SSSR count). The number of hydrogen-bond donors (Lipinski definition) is 1. The SMILES string of the molecule is CN1CCC(N(C)C(=O)NC(CCc2cccc(OCc3ccccc3)c2)c2cccc(Cl)c2Cl)CC1. The number of carbonyl (C=O) groups is 1. The number of amides is 2. The quantitative estimate of drug-likeness (QED) is 0.319. The Labute approximate surface area is 230 Å². The number of nitrogens with one attached hydrogen (secondary N) is 1. The van der Waals surface area contributed by atoms with Crippen LogP contribution in [-0.4, -0.2) is 49.1 Å². The second kappa shape index (κ2) is 13.2. The number of nitrogens with zero attached hydrogens (tertiary/aromatic N) is 2. The van der Waals surface area contributed by atoms with E-state index in [0.717, 1.165) is 54.8 Å². The Morgan fingerprint density at radius 1 is 1.03 bits per heavy atom. The van der Waals surface area contributed by atoms with E-state index in [0.29, 0.717) is 23.1 Å². The smallest absolute Gasteiger partial charge is 0.317 e. The number of halogens is 2. The van der Waals surface area contributed by atoms with E-state index in [1.807, 2.05) is 54.4 Å². The predicted molar refractivity (Wildman–Crippen MR) is 152 cm³/mol. The van der Waals surface area contributed by atoms with E-state index >= 15 is 0 Å². The highest BCUT2D eigenvalue weighted by Gasteiger charge is 2.26. The summed E-state index contributed by atoms with van der Waals surface area (Å²) in [6.07, 6.45) is 3.36. The highest BCUT2D eigenvalue weighted by molar-refractivity contribution is 6.42. The second-order valence-corrected chi connectivity index (χ2v) is 10.5. The lowest BCUT2D eigenvalue weighted by Gasteiger charge is -2.36. The molecule has 0 bridgehead atoms. The normalized spacial score (nSPS) is 15.2. The van der Waals surface area contributed by atoms with Crippen LogP contribution in [0.1, 0.15) is 42.0 Å². The van der Waals surface area contributed by atoms with Gasteiger partial charge in [0.05, 0.1) is 16.1 Å². The maximum atomic E-state index is 13.3. The van der Waals surface area contributed by atoms with Gasteiger partial charge in [0, 0.05) is 13.1 Å². The standard InChI is InChI=1S/C30H35Cl2N3O2/c1-34-18-16-24(17-19-34)35(2)30(36)33-28(26-12-7-13-27(31)29(26)32)15-14-22-10-6-11-25(20-22)37-21-23-8-4-3-5-9-23/h3-13,20,24,28H,14-19,21H2,1-2H3,(H,33,36). The zero-order chi connectivity index (χ0) is 26.2. The monoisotopic (exact) mass is 539 g/mol. The van der Waals surface area contributed by atoms with E-state index in [-0.39, 0.29) is 18.1 Å². The first kappa shape index (κ1) is 27.3. The first-order chi connectivity index (χ1) is 17.9. The summed E-state index contributed by atoms with van der Waals surface area (Å²) in [7, 11) is 4.00. The molecule has 7 heteroatoms. The summed E-state index contributed by atoms with van der Waals surface area (Å²) in [5.74, 6) is 0.824. The van der Waals surface area contributed by atoms with Gasteiger partial charge in [-0.05, 0) is 80.7 Å². The fourth-order valence-corrected chi connectivity index (χ4v) is 5.18. The zero-order valence-corrected chi connectivity index (χ0v) is 23.0. The van der Waals surface area contributed by atoms with Crippen LogP contribution < -0.4 is 10.1 Å². The lowest BCUT2D eigenvalue weighted by Crippen LogP contribution is -2.48. The minimum Gasteiger partial charge on any atom is -0.489 e. The van der Waals surface area contributed by atoms with Gasteiger partial charge in [0.25, 0.3) is 0 Å². The average Bonchev–Trinajstić information content (AvgIpc) is 2.92. The summed E-state index contributed by atoms with van der Waals surface area (Å²) in [5, 5.41) is 4.21. The highest BCUT2D eigenvalue weighted by atomic mass is 35.5. The van der Waals surface area contributed by atoms with Crippen molar-refractivity contribution in [3.05, 3.63) is 99.5 Å². The van der Waals surface area contributed by atoms with Crippen molar-refractivity contribution in [3.63, 3.8) is 0 Å². The van der Waals surface area contributed by atoms with E-state index < -0.39 is 0 Å². The van der Waals surface area contributed by atoms with Crippen LogP contribution in [0, 0.1) is 0 Å². The van der Waals surface area contributed by atoms with Gasteiger partial charge in [0.1, 0.15) is 12.4 Å². The van der Waals surface area contributed by atoms with Gasteiger partial charge in [0.15, 0.2) is 0 Å². The van der Waals surface area contributed by atoms with E-state index in [1.54, 1.807) is 6.07 Å². The Kier molecular flexibility index (Phi) is 9.73. The molecule has 0 aromatic heterocycles. The van der Waals surface area contributed by atoms with Gasteiger partial charge in [0.2, 0.25) is 0 Å². The van der Waals surface area contributed by atoms with Crippen LogP contribution in [0.5, 0.6) is 5.75 Å². The molecule has 1 heterocycles. The van der Waals surface area contributed by atoms with Gasteiger partial charge in [-0.3, -0.25) is 0 Å². The molecule has 1 fully saturated rings. The van der Waals surface area contributed by atoms with Crippen molar-refractivity contribution in [2.75, 3.05) is 27.2 Å². The van der Waals surface area contributed by atoms with Crippen molar-refractivity contribution < 1.29 is 9.53 Å². The molecule has 1 saturated heterocycles. The van der Waals surface area contributed by atoms with Gasteiger partial charge >= 0.3 is 6.03 Å².